The summed E-state index contributed by atoms with van der Waals surface area (Å²) >= 11 is 0. The number of nitrogens with zero attached hydrogens (tertiary/aromatic N) is 4. The van der Waals surface area contributed by atoms with Crippen LogP contribution in [-0.4, -0.2) is 26.4 Å². The lowest BCUT2D eigenvalue weighted by atomic mass is 10.0. The van der Waals surface area contributed by atoms with Crippen LogP contribution in [0.1, 0.15) is 26.8 Å². The lowest BCUT2D eigenvalue weighted by Crippen LogP contribution is -2.24. The van der Waals surface area contributed by atoms with E-state index in [9.17, 15) is 4.79 Å². The number of hydrogen-bond donors (Lipinski definition) is 1. The van der Waals surface area contributed by atoms with Crippen molar-refractivity contribution in [2.75, 3.05) is 12.3 Å². The maximum Gasteiger partial charge on any atom is 0.267 e. The number of nitrogens with two attached hydrogens (primary N) is 1. The fraction of sp³-hybridized carbons (Fsp3) is 0.263. The summed E-state index contributed by atoms with van der Waals surface area (Å²) in [6, 6.07) is 10.7. The Bertz CT molecular complexity index is 982. The lowest BCUT2D eigenvalue weighted by Gasteiger charge is -2.14. The standard InChI is InChI=1S/C19H21N5O2/c1-4-26-16-8-6-5-7-13(16)18-14(11-21-19(20)22-18)15-9-10-17(25)24(23-15)12(2)3/h5-12H,4H2,1-3H3,(H2,20,21,22). The van der Waals surface area contributed by atoms with Gasteiger partial charge in [-0.2, -0.15) is 5.10 Å². The molecule has 0 bridgehead atoms. The van der Waals surface area contributed by atoms with Gasteiger partial charge in [0.05, 0.1) is 24.0 Å². The molecule has 0 saturated heterocycles. The first-order chi connectivity index (χ1) is 12.5. The molecule has 0 saturated carbocycles. The molecule has 0 aliphatic carbocycles. The summed E-state index contributed by atoms with van der Waals surface area (Å²) in [7, 11) is 0. The number of anilines is 1. The van der Waals surface area contributed by atoms with E-state index in [0.29, 0.717) is 29.3 Å². The van der Waals surface area contributed by atoms with Crippen LogP contribution in [0.2, 0.25) is 0 Å². The number of para-hydroxylation sites is 1. The molecule has 0 spiro atoms. The molecule has 26 heavy (non-hydrogen) atoms. The fourth-order valence-corrected chi connectivity index (χ4v) is 2.67. The van der Waals surface area contributed by atoms with Crippen LogP contribution in [-0.2, 0) is 0 Å². The van der Waals surface area contributed by atoms with Gasteiger partial charge in [-0.25, -0.2) is 14.6 Å². The summed E-state index contributed by atoms with van der Waals surface area (Å²) in [5, 5.41) is 4.48. The summed E-state index contributed by atoms with van der Waals surface area (Å²) in [5.74, 6) is 0.860. The Balaban J connectivity index is 2.23. The van der Waals surface area contributed by atoms with Crippen molar-refractivity contribution < 1.29 is 4.74 Å². The van der Waals surface area contributed by atoms with Gasteiger partial charge >= 0.3 is 0 Å². The van der Waals surface area contributed by atoms with Gasteiger partial charge in [-0.05, 0) is 39.0 Å². The first-order valence-corrected chi connectivity index (χ1v) is 8.46. The predicted molar refractivity (Wildman–Crippen MR) is 101 cm³/mol. The van der Waals surface area contributed by atoms with Crippen molar-refractivity contribution in [3.05, 3.63) is 52.9 Å². The fourth-order valence-electron chi connectivity index (χ4n) is 2.67. The van der Waals surface area contributed by atoms with Crippen LogP contribution in [0.5, 0.6) is 5.75 Å². The molecule has 7 nitrogen and oxygen atoms in total. The quantitative estimate of drug-likeness (QED) is 0.759. The Kier molecular flexibility index (Phi) is 4.97. The molecule has 0 unspecified atom stereocenters. The van der Waals surface area contributed by atoms with Gasteiger partial charge in [-0.3, -0.25) is 4.79 Å². The van der Waals surface area contributed by atoms with Crippen molar-refractivity contribution in [2.45, 2.75) is 26.8 Å². The van der Waals surface area contributed by atoms with Crippen molar-refractivity contribution in [3.63, 3.8) is 0 Å². The molecule has 0 radical (unpaired) electrons. The molecular weight excluding hydrogens is 330 g/mol. The van der Waals surface area contributed by atoms with Crippen molar-refractivity contribution in [2.24, 2.45) is 0 Å². The van der Waals surface area contributed by atoms with E-state index in [1.165, 1.54) is 10.7 Å². The van der Waals surface area contributed by atoms with Crippen molar-refractivity contribution in [1.82, 2.24) is 19.7 Å². The summed E-state index contributed by atoms with van der Waals surface area (Å²) in [6.45, 7) is 6.27. The van der Waals surface area contributed by atoms with E-state index in [0.717, 1.165) is 5.56 Å². The maximum atomic E-state index is 12.0. The minimum atomic E-state index is -0.156. The van der Waals surface area contributed by atoms with Gasteiger partial charge in [0.15, 0.2) is 0 Å². The molecular formula is C19H21N5O2. The smallest absolute Gasteiger partial charge is 0.267 e. The monoisotopic (exact) mass is 351 g/mol. The molecule has 0 atom stereocenters. The highest BCUT2D eigenvalue weighted by molar-refractivity contribution is 5.81. The zero-order valence-corrected chi connectivity index (χ0v) is 15.0. The highest BCUT2D eigenvalue weighted by atomic mass is 16.5. The maximum absolute atomic E-state index is 12.0. The van der Waals surface area contributed by atoms with Gasteiger partial charge < -0.3 is 10.5 Å². The van der Waals surface area contributed by atoms with Crippen LogP contribution in [0.25, 0.3) is 22.5 Å². The number of rotatable bonds is 5. The van der Waals surface area contributed by atoms with Gasteiger partial charge in [0.25, 0.3) is 5.56 Å². The average Bonchev–Trinajstić information content (AvgIpc) is 2.63. The normalized spacial score (nSPS) is 10.9. The van der Waals surface area contributed by atoms with E-state index in [1.807, 2.05) is 45.0 Å². The Morgan fingerprint density at radius 3 is 2.65 bits per heavy atom. The molecule has 2 heterocycles. The topological polar surface area (TPSA) is 95.9 Å². The SMILES string of the molecule is CCOc1ccccc1-c1nc(N)ncc1-c1ccc(=O)n(C(C)C)n1. The molecule has 0 amide bonds. The van der Waals surface area contributed by atoms with Gasteiger partial charge in [0.1, 0.15) is 5.75 Å². The molecule has 1 aromatic carbocycles. The largest absolute Gasteiger partial charge is 0.493 e. The van der Waals surface area contributed by atoms with Gasteiger partial charge in [-0.15, -0.1) is 0 Å². The average molecular weight is 351 g/mol. The number of aromatic nitrogens is 4. The third-order valence-corrected chi connectivity index (χ3v) is 3.84. The van der Waals surface area contributed by atoms with E-state index in [-0.39, 0.29) is 17.5 Å². The number of ether oxygens (including phenoxy) is 1. The Labute approximate surface area is 151 Å². The van der Waals surface area contributed by atoms with Gasteiger partial charge in [0, 0.05) is 23.4 Å². The van der Waals surface area contributed by atoms with E-state index < -0.39 is 0 Å². The molecule has 3 aromatic rings. The zero-order valence-electron chi connectivity index (χ0n) is 15.0. The second-order valence-electron chi connectivity index (χ2n) is 6.01. The second-order valence-corrected chi connectivity index (χ2v) is 6.01. The van der Waals surface area contributed by atoms with E-state index in [1.54, 1.807) is 12.3 Å². The molecule has 0 aliphatic rings. The van der Waals surface area contributed by atoms with Crippen molar-refractivity contribution >= 4 is 5.95 Å². The van der Waals surface area contributed by atoms with Crippen LogP contribution in [0.3, 0.4) is 0 Å². The highest BCUT2D eigenvalue weighted by Gasteiger charge is 2.17. The first-order valence-electron chi connectivity index (χ1n) is 8.46. The predicted octanol–water partition coefficient (Wildman–Crippen LogP) is 2.93. The molecule has 0 aliphatic heterocycles. The summed E-state index contributed by atoms with van der Waals surface area (Å²) in [6.07, 6.45) is 1.62. The van der Waals surface area contributed by atoms with Crippen molar-refractivity contribution in [3.8, 4) is 28.3 Å². The summed E-state index contributed by atoms with van der Waals surface area (Å²) in [4.78, 5) is 20.6. The van der Waals surface area contributed by atoms with Crippen LogP contribution >= 0.6 is 0 Å². The number of hydrogen-bond acceptors (Lipinski definition) is 6. The molecule has 7 heteroatoms. The Morgan fingerprint density at radius 1 is 1.15 bits per heavy atom. The molecule has 134 valence electrons. The van der Waals surface area contributed by atoms with Gasteiger partial charge in [-0.1, -0.05) is 12.1 Å². The first kappa shape index (κ1) is 17.6. The van der Waals surface area contributed by atoms with Crippen LogP contribution in [0.4, 0.5) is 5.95 Å². The minimum absolute atomic E-state index is 0.0590. The summed E-state index contributed by atoms with van der Waals surface area (Å²) in [5.41, 5.74) is 8.36. The van der Waals surface area contributed by atoms with E-state index >= 15 is 0 Å². The van der Waals surface area contributed by atoms with Crippen molar-refractivity contribution in [1.29, 1.82) is 0 Å². The molecule has 3 rings (SSSR count). The lowest BCUT2D eigenvalue weighted by molar-refractivity contribution is 0.341. The highest BCUT2D eigenvalue weighted by Crippen LogP contribution is 2.35. The van der Waals surface area contributed by atoms with Crippen LogP contribution in [0.15, 0.2) is 47.4 Å². The Morgan fingerprint density at radius 2 is 1.92 bits per heavy atom. The Hall–Kier alpha value is -3.22. The third kappa shape index (κ3) is 3.42. The van der Waals surface area contributed by atoms with Crippen LogP contribution < -0.4 is 16.0 Å². The summed E-state index contributed by atoms with van der Waals surface area (Å²) < 4.78 is 7.16. The molecule has 0 fully saturated rings. The second kappa shape index (κ2) is 7.35. The van der Waals surface area contributed by atoms with E-state index in [2.05, 4.69) is 15.1 Å². The number of benzene rings is 1. The zero-order chi connectivity index (χ0) is 18.7. The molecule has 2 N–H and O–H groups in total. The molecule has 2 aromatic heterocycles. The third-order valence-electron chi connectivity index (χ3n) is 3.84. The van der Waals surface area contributed by atoms with Crippen LogP contribution in [0, 0.1) is 0 Å². The minimum Gasteiger partial charge on any atom is -0.493 e. The van der Waals surface area contributed by atoms with Gasteiger partial charge in [0.2, 0.25) is 5.95 Å². The van der Waals surface area contributed by atoms with E-state index in [4.69, 9.17) is 10.5 Å². The number of nitrogen functional groups attached to an aromatic ring is 1.